The molecule has 0 amide bonds. The standard InChI is InChI=1S/C25H23BrN2O5S/c1-15-21(24(30)33-13-12-31-2)22(18-6-4-5-7-19(18)32-3)28-23(29)20(34-25(28)27-15)14-16-8-10-17(26)11-9-16/h4-11,14,22H,12-13H2,1-3H3. The molecule has 0 saturated carbocycles. The third kappa shape index (κ3) is 4.77. The molecule has 176 valence electrons. The van der Waals surface area contributed by atoms with Gasteiger partial charge in [0.1, 0.15) is 18.4 Å². The Morgan fingerprint density at radius 3 is 2.59 bits per heavy atom. The van der Waals surface area contributed by atoms with E-state index in [1.807, 2.05) is 48.5 Å². The monoisotopic (exact) mass is 542 g/mol. The molecule has 0 aliphatic carbocycles. The Hall–Kier alpha value is -3.01. The first-order valence-corrected chi connectivity index (χ1v) is 12.1. The van der Waals surface area contributed by atoms with E-state index in [4.69, 9.17) is 14.2 Å². The van der Waals surface area contributed by atoms with Crippen molar-refractivity contribution in [1.82, 2.24) is 4.57 Å². The van der Waals surface area contributed by atoms with Crippen LogP contribution in [-0.4, -0.2) is 38.0 Å². The molecule has 4 rings (SSSR count). The molecular weight excluding hydrogens is 520 g/mol. The summed E-state index contributed by atoms with van der Waals surface area (Å²) in [7, 11) is 3.09. The smallest absolute Gasteiger partial charge is 0.338 e. The van der Waals surface area contributed by atoms with Gasteiger partial charge in [-0.3, -0.25) is 9.36 Å². The maximum Gasteiger partial charge on any atom is 0.338 e. The molecular formula is C25H23BrN2O5S. The van der Waals surface area contributed by atoms with Crippen LogP contribution in [0.25, 0.3) is 6.08 Å². The van der Waals surface area contributed by atoms with Crippen molar-refractivity contribution >= 4 is 39.3 Å². The number of hydrogen-bond donors (Lipinski definition) is 0. The van der Waals surface area contributed by atoms with Crippen molar-refractivity contribution in [3.63, 3.8) is 0 Å². The number of para-hydroxylation sites is 1. The summed E-state index contributed by atoms with van der Waals surface area (Å²) < 4.78 is 19.0. The normalized spacial score (nSPS) is 15.6. The van der Waals surface area contributed by atoms with Crippen LogP contribution in [0, 0.1) is 0 Å². The van der Waals surface area contributed by atoms with E-state index in [1.165, 1.54) is 18.4 Å². The van der Waals surface area contributed by atoms with E-state index in [-0.39, 0.29) is 18.8 Å². The van der Waals surface area contributed by atoms with Gasteiger partial charge in [0, 0.05) is 17.1 Å². The maximum absolute atomic E-state index is 13.6. The summed E-state index contributed by atoms with van der Waals surface area (Å²) in [6, 6.07) is 14.3. The van der Waals surface area contributed by atoms with Gasteiger partial charge in [-0.25, -0.2) is 9.79 Å². The highest BCUT2D eigenvalue weighted by Crippen LogP contribution is 2.35. The molecule has 0 bridgehead atoms. The van der Waals surface area contributed by atoms with Crippen molar-refractivity contribution in [3.05, 3.63) is 95.1 Å². The Morgan fingerprint density at radius 2 is 1.88 bits per heavy atom. The minimum Gasteiger partial charge on any atom is -0.496 e. The third-order valence-corrected chi connectivity index (χ3v) is 6.88. The van der Waals surface area contributed by atoms with Gasteiger partial charge in [-0.1, -0.05) is 57.6 Å². The predicted molar refractivity (Wildman–Crippen MR) is 134 cm³/mol. The lowest BCUT2D eigenvalue weighted by atomic mass is 9.95. The van der Waals surface area contributed by atoms with Crippen LogP contribution in [0.1, 0.15) is 24.1 Å². The van der Waals surface area contributed by atoms with Gasteiger partial charge in [0.25, 0.3) is 5.56 Å². The summed E-state index contributed by atoms with van der Waals surface area (Å²) in [4.78, 5) is 31.9. The predicted octanol–water partition coefficient (Wildman–Crippen LogP) is 3.20. The van der Waals surface area contributed by atoms with Gasteiger partial charge in [0.2, 0.25) is 0 Å². The number of esters is 1. The first-order valence-electron chi connectivity index (χ1n) is 10.5. The Bertz CT molecular complexity index is 1420. The molecule has 0 radical (unpaired) electrons. The van der Waals surface area contributed by atoms with E-state index in [0.717, 1.165) is 10.0 Å². The number of aromatic nitrogens is 1. The van der Waals surface area contributed by atoms with Crippen LogP contribution in [0.2, 0.25) is 0 Å². The molecule has 1 atom stereocenters. The van der Waals surface area contributed by atoms with E-state index in [1.54, 1.807) is 24.7 Å². The van der Waals surface area contributed by atoms with E-state index in [2.05, 4.69) is 20.9 Å². The van der Waals surface area contributed by atoms with Crippen molar-refractivity contribution < 1.29 is 19.0 Å². The molecule has 1 unspecified atom stereocenters. The lowest BCUT2D eigenvalue weighted by molar-refractivity contribution is -0.140. The number of nitrogens with zero attached hydrogens (tertiary/aromatic N) is 2. The highest BCUT2D eigenvalue weighted by Gasteiger charge is 2.35. The molecule has 1 aliphatic rings. The summed E-state index contributed by atoms with van der Waals surface area (Å²) in [5.74, 6) is 0.0169. The zero-order chi connectivity index (χ0) is 24.2. The second-order valence-electron chi connectivity index (χ2n) is 7.50. The molecule has 7 nitrogen and oxygen atoms in total. The largest absolute Gasteiger partial charge is 0.496 e. The number of benzene rings is 2. The Kier molecular flexibility index (Phi) is 7.45. The van der Waals surface area contributed by atoms with E-state index >= 15 is 0 Å². The van der Waals surface area contributed by atoms with Crippen LogP contribution in [0.4, 0.5) is 0 Å². The first kappa shape index (κ1) is 24.1. The zero-order valence-corrected chi connectivity index (χ0v) is 21.3. The number of thiazole rings is 1. The fourth-order valence-electron chi connectivity index (χ4n) is 3.78. The molecule has 1 aliphatic heterocycles. The maximum atomic E-state index is 13.6. The van der Waals surface area contributed by atoms with Crippen LogP contribution in [-0.2, 0) is 14.3 Å². The number of rotatable bonds is 7. The Balaban J connectivity index is 1.92. The molecule has 0 N–H and O–H groups in total. The molecule has 3 aromatic rings. The van der Waals surface area contributed by atoms with Crippen LogP contribution < -0.4 is 19.6 Å². The molecule has 1 aromatic heterocycles. The molecule has 34 heavy (non-hydrogen) atoms. The molecule has 2 heterocycles. The lowest BCUT2D eigenvalue weighted by Gasteiger charge is -2.26. The summed E-state index contributed by atoms with van der Waals surface area (Å²) in [5.41, 5.74) is 2.11. The quantitative estimate of drug-likeness (QED) is 0.338. The van der Waals surface area contributed by atoms with E-state index in [0.29, 0.717) is 31.9 Å². The Morgan fingerprint density at radius 1 is 1.15 bits per heavy atom. The van der Waals surface area contributed by atoms with Gasteiger partial charge < -0.3 is 14.2 Å². The highest BCUT2D eigenvalue weighted by molar-refractivity contribution is 9.10. The van der Waals surface area contributed by atoms with E-state index < -0.39 is 12.0 Å². The minimum absolute atomic E-state index is 0.0960. The van der Waals surface area contributed by atoms with Crippen molar-refractivity contribution in [2.24, 2.45) is 4.99 Å². The van der Waals surface area contributed by atoms with Crippen molar-refractivity contribution in [1.29, 1.82) is 0 Å². The number of methoxy groups -OCH3 is 2. The molecule has 9 heteroatoms. The fourth-order valence-corrected chi connectivity index (χ4v) is 5.09. The van der Waals surface area contributed by atoms with Gasteiger partial charge in [0.15, 0.2) is 4.80 Å². The number of hydrogen-bond acceptors (Lipinski definition) is 7. The topological polar surface area (TPSA) is 79.1 Å². The molecule has 0 saturated heterocycles. The molecule has 0 spiro atoms. The number of carbonyl (C=O) groups is 1. The highest BCUT2D eigenvalue weighted by atomic mass is 79.9. The van der Waals surface area contributed by atoms with Crippen LogP contribution in [0.5, 0.6) is 5.75 Å². The van der Waals surface area contributed by atoms with Crippen LogP contribution in [0.15, 0.2) is 74.1 Å². The van der Waals surface area contributed by atoms with Crippen molar-refractivity contribution in [2.45, 2.75) is 13.0 Å². The van der Waals surface area contributed by atoms with Gasteiger partial charge in [-0.2, -0.15) is 0 Å². The van der Waals surface area contributed by atoms with Crippen LogP contribution in [0.3, 0.4) is 0 Å². The summed E-state index contributed by atoms with van der Waals surface area (Å²) in [5, 5.41) is 0. The second-order valence-corrected chi connectivity index (χ2v) is 9.43. The van der Waals surface area contributed by atoms with Gasteiger partial charge >= 0.3 is 5.97 Å². The number of fused-ring (bicyclic) bond motifs is 1. The van der Waals surface area contributed by atoms with E-state index in [9.17, 15) is 9.59 Å². The average Bonchev–Trinajstić information content (AvgIpc) is 3.14. The SMILES string of the molecule is COCCOC(=O)C1=C(C)N=c2sc(=Cc3ccc(Br)cc3)c(=O)n2C1c1ccccc1OC. The molecule has 2 aromatic carbocycles. The van der Waals surface area contributed by atoms with Crippen molar-refractivity contribution in [2.75, 3.05) is 27.4 Å². The van der Waals surface area contributed by atoms with Crippen molar-refractivity contribution in [3.8, 4) is 5.75 Å². The number of allylic oxidation sites excluding steroid dienone is 1. The first-order chi connectivity index (χ1) is 16.4. The third-order valence-electron chi connectivity index (χ3n) is 5.36. The summed E-state index contributed by atoms with van der Waals surface area (Å²) in [6.07, 6.45) is 1.82. The van der Waals surface area contributed by atoms with Crippen LogP contribution >= 0.6 is 27.3 Å². The minimum atomic E-state index is -0.741. The fraction of sp³-hybridized carbons (Fsp3) is 0.240. The number of halogens is 1. The summed E-state index contributed by atoms with van der Waals surface area (Å²) >= 11 is 4.71. The second kappa shape index (κ2) is 10.5. The average molecular weight is 543 g/mol. The number of carbonyl (C=O) groups excluding carboxylic acids is 1. The molecule has 0 fully saturated rings. The van der Waals surface area contributed by atoms with Gasteiger partial charge in [-0.15, -0.1) is 0 Å². The summed E-state index contributed by atoms with van der Waals surface area (Å²) in [6.45, 7) is 2.12. The lowest BCUT2D eigenvalue weighted by Crippen LogP contribution is -2.40. The zero-order valence-electron chi connectivity index (χ0n) is 18.9. The number of ether oxygens (including phenoxy) is 3. The Labute approximate surface area is 208 Å². The van der Waals surface area contributed by atoms with Gasteiger partial charge in [0.05, 0.1) is 29.5 Å². The van der Waals surface area contributed by atoms with Gasteiger partial charge in [-0.05, 0) is 36.8 Å².